The minimum atomic E-state index is 0.0998. The molecule has 0 N–H and O–H groups in total. The van der Waals surface area contributed by atoms with Gasteiger partial charge in [0.1, 0.15) is 9.88 Å². The van der Waals surface area contributed by atoms with E-state index in [0.29, 0.717) is 0 Å². The number of hydrogen-bond acceptors (Lipinski definition) is 3. The maximum absolute atomic E-state index is 13.0. The molecule has 4 heteroatoms. The number of likely N-dealkylation sites (tertiary alicyclic amines) is 1. The normalized spacial score (nSPS) is 17.0. The van der Waals surface area contributed by atoms with Crippen molar-refractivity contribution in [3.8, 4) is 10.6 Å². The molecule has 2 aromatic carbocycles. The van der Waals surface area contributed by atoms with E-state index in [4.69, 9.17) is 0 Å². The van der Waals surface area contributed by atoms with Crippen LogP contribution in [0.1, 0.15) is 39.7 Å². The van der Waals surface area contributed by atoms with Crippen molar-refractivity contribution in [2.45, 2.75) is 25.8 Å². The molecular weight excluding hydrogens is 328 g/mol. The van der Waals surface area contributed by atoms with Crippen molar-refractivity contribution in [3.05, 3.63) is 76.8 Å². The highest BCUT2D eigenvalue weighted by Gasteiger charge is 2.31. The summed E-state index contributed by atoms with van der Waals surface area (Å²) in [5, 5.41) is 0.898. The van der Waals surface area contributed by atoms with E-state index in [1.54, 1.807) is 6.20 Å². The monoisotopic (exact) mass is 348 g/mol. The summed E-state index contributed by atoms with van der Waals surface area (Å²) < 4.78 is 0. The van der Waals surface area contributed by atoms with Gasteiger partial charge in [0.2, 0.25) is 0 Å². The van der Waals surface area contributed by atoms with Gasteiger partial charge in [0.15, 0.2) is 0 Å². The molecule has 4 rings (SSSR count). The molecule has 1 aromatic heterocycles. The van der Waals surface area contributed by atoms with Crippen LogP contribution in [-0.4, -0.2) is 22.3 Å². The number of thiazole rings is 1. The van der Waals surface area contributed by atoms with Crippen molar-refractivity contribution in [1.82, 2.24) is 9.88 Å². The third kappa shape index (κ3) is 3.22. The lowest BCUT2D eigenvalue weighted by Crippen LogP contribution is -2.29. The van der Waals surface area contributed by atoms with Crippen molar-refractivity contribution in [2.24, 2.45) is 0 Å². The van der Waals surface area contributed by atoms with Crippen molar-refractivity contribution in [2.75, 3.05) is 6.54 Å². The molecule has 1 atom stereocenters. The average Bonchev–Trinajstić information content (AvgIpc) is 3.32. The van der Waals surface area contributed by atoms with Crippen LogP contribution in [0.3, 0.4) is 0 Å². The van der Waals surface area contributed by atoms with Gasteiger partial charge in [0.25, 0.3) is 5.91 Å². The van der Waals surface area contributed by atoms with Gasteiger partial charge in [0, 0.05) is 12.1 Å². The Hall–Kier alpha value is -2.46. The predicted molar refractivity (Wildman–Crippen MR) is 102 cm³/mol. The summed E-state index contributed by atoms with van der Waals surface area (Å²) in [5.74, 6) is 0.0998. The standard InChI is InChI=1S/C21H20N2OS/c1-15-9-11-16(12-10-15)18-8-5-13-23(18)21(24)19-14-22-20(25-19)17-6-3-2-4-7-17/h2-4,6-7,9-12,14,18H,5,8,13H2,1H3. The zero-order valence-electron chi connectivity index (χ0n) is 14.2. The molecule has 1 unspecified atom stereocenters. The lowest BCUT2D eigenvalue weighted by Gasteiger charge is -2.24. The molecular formula is C21H20N2OS. The van der Waals surface area contributed by atoms with Crippen molar-refractivity contribution < 1.29 is 4.79 Å². The van der Waals surface area contributed by atoms with Gasteiger partial charge in [0.05, 0.1) is 12.2 Å². The van der Waals surface area contributed by atoms with Crippen LogP contribution in [0.25, 0.3) is 10.6 Å². The first kappa shape index (κ1) is 16.0. The number of carbonyl (C=O) groups excluding carboxylic acids is 1. The topological polar surface area (TPSA) is 33.2 Å². The second-order valence-electron chi connectivity index (χ2n) is 6.46. The molecule has 126 valence electrons. The Morgan fingerprint density at radius 3 is 2.64 bits per heavy atom. The molecule has 0 radical (unpaired) electrons. The number of carbonyl (C=O) groups is 1. The highest BCUT2D eigenvalue weighted by Crippen LogP contribution is 2.35. The van der Waals surface area contributed by atoms with Crippen LogP contribution in [0, 0.1) is 6.92 Å². The molecule has 1 saturated heterocycles. The average molecular weight is 348 g/mol. The quantitative estimate of drug-likeness (QED) is 0.660. The Labute approximate surface area is 152 Å². The van der Waals surface area contributed by atoms with Crippen molar-refractivity contribution >= 4 is 17.2 Å². The van der Waals surface area contributed by atoms with Crippen LogP contribution in [0.15, 0.2) is 60.8 Å². The Balaban J connectivity index is 1.58. The molecule has 0 spiro atoms. The molecule has 1 aliphatic rings. The zero-order chi connectivity index (χ0) is 17.2. The summed E-state index contributed by atoms with van der Waals surface area (Å²) in [5.41, 5.74) is 3.53. The fourth-order valence-electron chi connectivity index (χ4n) is 3.37. The first-order valence-electron chi connectivity index (χ1n) is 8.61. The predicted octanol–water partition coefficient (Wildman–Crippen LogP) is 5.10. The maximum atomic E-state index is 13.0. The summed E-state index contributed by atoms with van der Waals surface area (Å²) in [6, 6.07) is 18.7. The van der Waals surface area contributed by atoms with Gasteiger partial charge >= 0.3 is 0 Å². The van der Waals surface area contributed by atoms with Gasteiger partial charge in [-0.25, -0.2) is 4.98 Å². The van der Waals surface area contributed by atoms with Gasteiger partial charge in [-0.05, 0) is 25.3 Å². The third-order valence-corrected chi connectivity index (χ3v) is 5.75. The minimum Gasteiger partial charge on any atom is -0.331 e. The third-order valence-electron chi connectivity index (χ3n) is 4.71. The molecule has 3 nitrogen and oxygen atoms in total. The van der Waals surface area contributed by atoms with E-state index in [-0.39, 0.29) is 11.9 Å². The maximum Gasteiger partial charge on any atom is 0.266 e. The Kier molecular flexibility index (Phi) is 4.36. The fourth-order valence-corrected chi connectivity index (χ4v) is 4.25. The number of amides is 1. The molecule has 2 heterocycles. The summed E-state index contributed by atoms with van der Waals surface area (Å²) in [6.07, 6.45) is 3.80. The lowest BCUT2D eigenvalue weighted by atomic mass is 10.0. The molecule has 25 heavy (non-hydrogen) atoms. The molecule has 3 aromatic rings. The Morgan fingerprint density at radius 1 is 1.12 bits per heavy atom. The van der Waals surface area contributed by atoms with E-state index in [1.807, 2.05) is 35.2 Å². The van der Waals surface area contributed by atoms with Crippen molar-refractivity contribution in [1.29, 1.82) is 0 Å². The Morgan fingerprint density at radius 2 is 1.88 bits per heavy atom. The Bertz CT molecular complexity index is 870. The largest absolute Gasteiger partial charge is 0.331 e. The highest BCUT2D eigenvalue weighted by molar-refractivity contribution is 7.16. The second-order valence-corrected chi connectivity index (χ2v) is 7.49. The van der Waals surface area contributed by atoms with E-state index in [9.17, 15) is 4.79 Å². The van der Waals surface area contributed by atoms with E-state index in [0.717, 1.165) is 34.8 Å². The molecule has 1 fully saturated rings. The first-order valence-corrected chi connectivity index (χ1v) is 9.43. The number of aromatic nitrogens is 1. The molecule has 1 aliphatic heterocycles. The van der Waals surface area contributed by atoms with Gasteiger partial charge in [-0.1, -0.05) is 60.2 Å². The number of nitrogens with zero attached hydrogens (tertiary/aromatic N) is 2. The first-order chi connectivity index (χ1) is 12.2. The number of rotatable bonds is 3. The van der Waals surface area contributed by atoms with Crippen LogP contribution >= 0.6 is 11.3 Å². The van der Waals surface area contributed by atoms with Crippen LogP contribution in [0.5, 0.6) is 0 Å². The van der Waals surface area contributed by atoms with Gasteiger partial charge in [-0.3, -0.25) is 4.79 Å². The van der Waals surface area contributed by atoms with Crippen LogP contribution < -0.4 is 0 Å². The lowest BCUT2D eigenvalue weighted by molar-refractivity contribution is 0.0740. The van der Waals surface area contributed by atoms with E-state index in [1.165, 1.54) is 22.5 Å². The summed E-state index contributed by atoms with van der Waals surface area (Å²) in [6.45, 7) is 2.90. The SMILES string of the molecule is Cc1ccc(C2CCCN2C(=O)c2cnc(-c3ccccc3)s2)cc1. The second kappa shape index (κ2) is 6.81. The summed E-state index contributed by atoms with van der Waals surface area (Å²) in [4.78, 5) is 20.2. The minimum absolute atomic E-state index is 0.0998. The fraction of sp³-hybridized carbons (Fsp3) is 0.238. The zero-order valence-corrected chi connectivity index (χ0v) is 15.0. The highest BCUT2D eigenvalue weighted by atomic mass is 32.1. The van der Waals surface area contributed by atoms with Gasteiger partial charge in [-0.2, -0.15) is 0 Å². The smallest absolute Gasteiger partial charge is 0.266 e. The molecule has 0 aliphatic carbocycles. The van der Waals surface area contributed by atoms with E-state index >= 15 is 0 Å². The molecule has 1 amide bonds. The number of aryl methyl sites for hydroxylation is 1. The van der Waals surface area contributed by atoms with Crippen LogP contribution in [0.2, 0.25) is 0 Å². The molecule has 0 saturated carbocycles. The van der Waals surface area contributed by atoms with Gasteiger partial charge in [-0.15, -0.1) is 11.3 Å². The summed E-state index contributed by atoms with van der Waals surface area (Å²) in [7, 11) is 0. The van der Waals surface area contributed by atoms with Gasteiger partial charge < -0.3 is 4.90 Å². The summed E-state index contributed by atoms with van der Waals surface area (Å²) >= 11 is 1.48. The van der Waals surface area contributed by atoms with E-state index < -0.39 is 0 Å². The van der Waals surface area contributed by atoms with Crippen LogP contribution in [-0.2, 0) is 0 Å². The number of hydrogen-bond donors (Lipinski definition) is 0. The molecule has 0 bridgehead atoms. The number of benzene rings is 2. The van der Waals surface area contributed by atoms with E-state index in [2.05, 4.69) is 36.2 Å². The van der Waals surface area contributed by atoms with Crippen molar-refractivity contribution in [3.63, 3.8) is 0 Å². The van der Waals surface area contributed by atoms with Crippen LogP contribution in [0.4, 0.5) is 0 Å².